The summed E-state index contributed by atoms with van der Waals surface area (Å²) >= 11 is 9.86. The number of amidine groups is 1. The van der Waals surface area contributed by atoms with Crippen molar-refractivity contribution in [2.45, 2.75) is 101 Å². The molecule has 1 amide bonds. The molecular formula is C46H85AlClLiN21O9S. The van der Waals surface area contributed by atoms with Gasteiger partial charge in [-0.05, 0) is 72.8 Å². The summed E-state index contributed by atoms with van der Waals surface area (Å²) in [5.41, 5.74) is 40.0. The zero-order chi connectivity index (χ0) is 58.5. The smallest absolute Gasteiger partial charge is 1.00 e. The first kappa shape index (κ1) is 89.5. The Kier molecular flexibility index (Phi) is 56.1. The number of rotatable bonds is 17. The average Bonchev–Trinajstić information content (AvgIpc) is 3.58. The average molecular weight is 1180 g/mol. The minimum absolute atomic E-state index is 0. The Hall–Kier alpha value is -7.07. The van der Waals surface area contributed by atoms with E-state index >= 15 is 0 Å². The van der Waals surface area contributed by atoms with E-state index in [1.807, 2.05) is 20.8 Å². The molecular weight excluding hydrogens is 1090 g/mol. The van der Waals surface area contributed by atoms with Crippen molar-refractivity contribution in [2.24, 2.45) is 49.6 Å². The summed E-state index contributed by atoms with van der Waals surface area (Å²) in [5.74, 6) is 0.450. The van der Waals surface area contributed by atoms with Crippen molar-refractivity contribution in [3.05, 3.63) is 107 Å². The minimum Gasteiger partial charge on any atom is -1.00 e. The third-order valence-corrected chi connectivity index (χ3v) is 9.01. The number of alkyl halides is 1. The minimum atomic E-state index is -1.14. The molecule has 445 valence electrons. The van der Waals surface area contributed by atoms with Crippen LogP contribution in [0.2, 0.25) is 0 Å². The van der Waals surface area contributed by atoms with E-state index in [-0.39, 0.29) is 121 Å². The molecule has 30 nitrogen and oxygen atoms in total. The monoisotopic (exact) mass is 1180 g/mol. The van der Waals surface area contributed by atoms with Crippen molar-refractivity contribution in [1.82, 2.24) is 51.0 Å². The van der Waals surface area contributed by atoms with Gasteiger partial charge >= 0.3 is 30.8 Å². The van der Waals surface area contributed by atoms with Crippen molar-refractivity contribution in [3.63, 3.8) is 0 Å². The third-order valence-electron chi connectivity index (χ3n) is 8.32. The van der Waals surface area contributed by atoms with Gasteiger partial charge in [0.25, 0.3) is 0 Å². The number of guanidine groups is 2. The van der Waals surface area contributed by atoms with Crippen LogP contribution in [0, 0.1) is 38.5 Å². The number of nitrogens with two attached hydrogens (primary N) is 7. The number of ether oxygens (including phenoxy) is 2. The number of aliphatic imine (C=N–C) groups is 1. The normalized spacial score (nSPS) is 11.1. The van der Waals surface area contributed by atoms with Crippen molar-refractivity contribution in [3.8, 4) is 0 Å². The largest absolute Gasteiger partial charge is 1.00 e. The van der Waals surface area contributed by atoms with Crippen LogP contribution in [-0.4, -0.2) is 151 Å². The van der Waals surface area contributed by atoms with Crippen LogP contribution in [0.15, 0.2) is 47.9 Å². The van der Waals surface area contributed by atoms with Gasteiger partial charge in [-0.15, -0.1) is 16.1 Å². The topological polar surface area (TPSA) is 555 Å². The first-order valence-corrected chi connectivity index (χ1v) is 22.6. The summed E-state index contributed by atoms with van der Waals surface area (Å²) in [7, 11) is 0. The van der Waals surface area contributed by atoms with Gasteiger partial charge in [-0.25, -0.2) is 29.5 Å². The maximum atomic E-state index is 11.3. The number of Topliss-reactive ketones (excluding diaryl/α,β-unsaturated/α-hetero) is 1. The van der Waals surface area contributed by atoms with Crippen LogP contribution >= 0.6 is 11.6 Å². The number of hydrogen-bond acceptors (Lipinski definition) is 20. The molecule has 0 saturated carbocycles. The zero-order valence-electron chi connectivity index (χ0n) is 46.4. The number of imidazole rings is 4. The molecule has 3 atom stereocenters. The fourth-order valence-corrected chi connectivity index (χ4v) is 4.80. The number of amides is 1. The maximum absolute atomic E-state index is 11.3. The van der Waals surface area contributed by atoms with Crippen molar-refractivity contribution >= 4 is 94.9 Å². The van der Waals surface area contributed by atoms with Crippen LogP contribution in [-0.2, 0) is 56.1 Å². The number of primary amides is 1. The molecule has 34 heteroatoms. The summed E-state index contributed by atoms with van der Waals surface area (Å²) in [4.78, 5) is 73.9. The Morgan fingerprint density at radius 2 is 1.21 bits per heavy atom. The van der Waals surface area contributed by atoms with Crippen molar-refractivity contribution < 1.29 is 64.3 Å². The van der Waals surface area contributed by atoms with Crippen molar-refractivity contribution in [1.29, 1.82) is 10.8 Å². The van der Waals surface area contributed by atoms with Crippen molar-refractivity contribution in [2.75, 3.05) is 26.3 Å². The molecule has 4 aromatic heterocycles. The number of aryl methyl sites for hydroxylation is 4. The van der Waals surface area contributed by atoms with Crippen LogP contribution in [0.25, 0.3) is 12.2 Å². The van der Waals surface area contributed by atoms with E-state index in [1.54, 1.807) is 37.9 Å². The Morgan fingerprint density at radius 1 is 0.800 bits per heavy atom. The molecule has 1 fully saturated rings. The van der Waals surface area contributed by atoms with Crippen LogP contribution in [0.3, 0.4) is 0 Å². The number of aliphatic hydroxyl groups is 3. The zero-order valence-corrected chi connectivity index (χ0v) is 48.1. The summed E-state index contributed by atoms with van der Waals surface area (Å²) in [5, 5.41) is 39.6. The molecule has 26 N–H and O–H groups in total. The molecule has 0 bridgehead atoms. The van der Waals surface area contributed by atoms with E-state index in [2.05, 4.69) is 110 Å². The van der Waals surface area contributed by atoms with Gasteiger partial charge in [-0.3, -0.25) is 30.4 Å². The second-order valence-electron chi connectivity index (χ2n) is 14.3. The number of carbonyl (C=O) groups is 4. The SMILES string of the molecule is C.C.C=CC(=N)N.C=CC(N)=O.C=Cc1nc(C(=O)OCC)c(C)[nH]1.C=Cc1nc(CO)c(C)[nH]1.CCOC(=O)C(Cl)C(C)=O.Cc1[nH]c(C(N)CN=C(N)N)nc1CO.Cc1[nH]c(C2CN2N=S)nc1CO.N.N=C(N)N.[Al].[H-].[Li+]. The van der Waals surface area contributed by atoms with Gasteiger partial charge in [-0.2, -0.15) is 0 Å². The third kappa shape index (κ3) is 39.3. The number of aromatic nitrogens is 8. The van der Waals surface area contributed by atoms with Gasteiger partial charge in [-0.1, -0.05) is 41.2 Å². The second kappa shape index (κ2) is 50.2. The Labute approximate surface area is 502 Å². The second-order valence-corrected chi connectivity index (χ2v) is 14.9. The van der Waals surface area contributed by atoms with Crippen LogP contribution in [0.1, 0.15) is 123 Å². The number of hydrogen-bond donors (Lipinski definition) is 17. The van der Waals surface area contributed by atoms with Gasteiger partial charge in [0, 0.05) is 40.1 Å². The van der Waals surface area contributed by atoms with Gasteiger partial charge < -0.3 is 92.4 Å². The maximum Gasteiger partial charge on any atom is 1.00 e. The van der Waals surface area contributed by atoms with Gasteiger partial charge in [0.15, 0.2) is 28.8 Å². The van der Waals surface area contributed by atoms with Crippen LogP contribution in [0.5, 0.6) is 0 Å². The number of nitrogens with one attached hydrogen (secondary N) is 6. The molecule has 4 aromatic rings. The number of H-pyrrole nitrogens is 4. The standard InChI is InChI=1S/C9H12N2O2.C8H16N6O.C7H10N4OS.C7H10N2O.C6H9ClO3.C3H6N2.C3H5NO.CH5N3.2CH4.Al.Li.H3N.H/c1-4-7-10-6(3)8(11-7)9(12)13-5-2;1-4-6(3-15)14-7(13-4)5(9)2-12-8(10)11;1-4-5(3-12)9-7(8-4)6-2-11(6)10-13;1-3-7-8-5(2)6(4-10)9-7;1-3-10-6(9)5(7)4(2)8;2*1-2-3(4)5;2-1(3)4;;;;;;/h4H,1,5H2,2-3H3,(H,10,11);5,15H,2-3,9H2,1H3,(H,13,14)(H4,10,11,12);6,12H,2-3H2,1H3,(H,8,9);3,10H,1,4H2,2H3,(H,8,9);5H,3H2,1-2H3;2H,1H2,(H3,4,5);2H,1H2,(H2,4,5);(H5,2,3,4);2*1H4;;;1H3;/q;;;;;;;;;;;+1;;-1. The predicted octanol–water partition coefficient (Wildman–Crippen LogP) is -1.39. The number of ketones is 1. The quantitative estimate of drug-likeness (QED) is 0.00845. The molecule has 80 heavy (non-hydrogen) atoms. The summed E-state index contributed by atoms with van der Waals surface area (Å²) < 4.78 is 12.9. The Bertz CT molecular complexity index is 2500. The number of esters is 2. The van der Waals surface area contributed by atoms with E-state index in [0.29, 0.717) is 52.5 Å². The molecule has 3 unspecified atom stereocenters. The fourth-order valence-electron chi connectivity index (χ4n) is 4.55. The van der Waals surface area contributed by atoms with E-state index in [0.717, 1.165) is 35.5 Å². The fraction of sp³-hybridized carbons (Fsp3) is 0.413. The first-order valence-electron chi connectivity index (χ1n) is 21.8. The number of aromatic amines is 4. The summed E-state index contributed by atoms with van der Waals surface area (Å²) in [6.07, 6.45) is 5.50. The Morgan fingerprint density at radius 3 is 1.52 bits per heavy atom. The summed E-state index contributed by atoms with van der Waals surface area (Å²) in [6, 6.07) is -0.206. The molecule has 1 aliphatic heterocycles. The summed E-state index contributed by atoms with van der Waals surface area (Å²) in [6.45, 7) is 26.9. The molecule has 3 radical (unpaired) electrons. The van der Waals surface area contributed by atoms with E-state index in [4.69, 9.17) is 65.4 Å². The van der Waals surface area contributed by atoms with Crippen LogP contribution in [0.4, 0.5) is 0 Å². The number of nitrogens with zero attached hydrogens (tertiary/aromatic N) is 7. The number of carbonyl (C=O) groups excluding carboxylic acids is 4. The molecule has 0 aromatic carbocycles. The number of halogens is 1. The molecule has 0 aliphatic carbocycles. The number of aliphatic hydroxyl groups excluding tert-OH is 3. The molecule has 1 aliphatic rings. The first-order chi connectivity index (χ1) is 35.1. The van der Waals surface area contributed by atoms with Gasteiger partial charge in [0.05, 0.1) is 81.7 Å². The molecule has 0 spiro atoms. The van der Waals surface area contributed by atoms with Gasteiger partial charge in [0.1, 0.15) is 35.2 Å². The predicted molar refractivity (Wildman–Crippen MR) is 314 cm³/mol. The molecule has 1 saturated heterocycles. The van der Waals surface area contributed by atoms with E-state index < -0.39 is 29.3 Å². The van der Waals surface area contributed by atoms with Crippen LogP contribution < -0.4 is 65.1 Å². The molecule has 5 heterocycles. The molecule has 5 rings (SSSR count). The van der Waals surface area contributed by atoms with E-state index in [1.165, 1.54) is 13.0 Å². The Balaban J connectivity index is -0.000000107. The van der Waals surface area contributed by atoms with Gasteiger partial charge in [0.2, 0.25) is 5.91 Å². The van der Waals surface area contributed by atoms with E-state index in [9.17, 15) is 19.2 Å².